The SMILES string of the molecule is CCOc1ccc(/C=c2/sc3n(c2=O)C(c2cc(OC)ccc2OC)C2=C(N=3)c3ccccc3CC2)cc1. The van der Waals surface area contributed by atoms with Crippen LogP contribution in [0.4, 0.5) is 0 Å². The normalized spacial score (nSPS) is 16.3. The molecule has 1 aliphatic carbocycles. The molecule has 1 aliphatic heterocycles. The van der Waals surface area contributed by atoms with Gasteiger partial charge in [-0.25, -0.2) is 4.99 Å². The van der Waals surface area contributed by atoms with Gasteiger partial charge >= 0.3 is 0 Å². The Morgan fingerprint density at radius 2 is 1.79 bits per heavy atom. The first-order valence-corrected chi connectivity index (χ1v) is 13.5. The van der Waals surface area contributed by atoms with Crippen LogP contribution in [0.15, 0.2) is 82.1 Å². The van der Waals surface area contributed by atoms with Crippen LogP contribution in [0.25, 0.3) is 11.8 Å². The highest BCUT2D eigenvalue weighted by Crippen LogP contribution is 2.44. The maximum atomic E-state index is 14.0. The summed E-state index contributed by atoms with van der Waals surface area (Å²) in [5.74, 6) is 2.24. The quantitative estimate of drug-likeness (QED) is 0.366. The molecule has 6 nitrogen and oxygen atoms in total. The molecule has 2 aliphatic rings. The van der Waals surface area contributed by atoms with Crippen LogP contribution in [-0.4, -0.2) is 25.4 Å². The zero-order valence-electron chi connectivity index (χ0n) is 21.6. The molecular weight excluding hydrogens is 496 g/mol. The van der Waals surface area contributed by atoms with Crippen molar-refractivity contribution in [3.8, 4) is 17.2 Å². The van der Waals surface area contributed by atoms with Gasteiger partial charge in [0.1, 0.15) is 17.2 Å². The topological polar surface area (TPSA) is 62.0 Å². The third kappa shape index (κ3) is 4.13. The summed E-state index contributed by atoms with van der Waals surface area (Å²) in [5, 5.41) is 0. The summed E-state index contributed by atoms with van der Waals surface area (Å²) >= 11 is 1.41. The fraction of sp³-hybridized carbons (Fsp3) is 0.226. The predicted molar refractivity (Wildman–Crippen MR) is 150 cm³/mol. The van der Waals surface area contributed by atoms with Gasteiger partial charge in [0.05, 0.1) is 37.1 Å². The van der Waals surface area contributed by atoms with E-state index in [1.54, 1.807) is 14.2 Å². The van der Waals surface area contributed by atoms with Crippen LogP contribution in [-0.2, 0) is 6.42 Å². The van der Waals surface area contributed by atoms with Crippen LogP contribution >= 0.6 is 11.3 Å². The molecule has 2 heterocycles. The minimum atomic E-state index is -0.345. The molecular formula is C31H28N2O4S. The van der Waals surface area contributed by atoms with Crippen molar-refractivity contribution in [2.45, 2.75) is 25.8 Å². The van der Waals surface area contributed by atoms with Crippen molar-refractivity contribution < 1.29 is 14.2 Å². The Hall–Kier alpha value is -4.10. The minimum absolute atomic E-state index is 0.0667. The van der Waals surface area contributed by atoms with Crippen molar-refractivity contribution in [3.05, 3.63) is 114 Å². The molecule has 3 aromatic carbocycles. The first-order chi connectivity index (χ1) is 18.6. The minimum Gasteiger partial charge on any atom is -0.497 e. The van der Waals surface area contributed by atoms with Crippen molar-refractivity contribution in [3.63, 3.8) is 0 Å². The van der Waals surface area contributed by atoms with Crippen LogP contribution in [0.3, 0.4) is 0 Å². The van der Waals surface area contributed by atoms with Crippen molar-refractivity contribution in [2.24, 2.45) is 4.99 Å². The number of ether oxygens (including phenoxy) is 3. The molecule has 1 atom stereocenters. The molecule has 0 N–H and O–H groups in total. The zero-order chi connectivity index (χ0) is 26.2. The summed E-state index contributed by atoms with van der Waals surface area (Å²) in [4.78, 5) is 19.8. The number of aromatic nitrogens is 1. The number of benzene rings is 3. The Morgan fingerprint density at radius 1 is 1.00 bits per heavy atom. The number of hydrogen-bond acceptors (Lipinski definition) is 6. The number of allylic oxidation sites excluding steroid dienone is 1. The van der Waals surface area contributed by atoms with E-state index in [1.807, 2.05) is 66.1 Å². The predicted octanol–water partition coefficient (Wildman–Crippen LogP) is 4.73. The lowest BCUT2D eigenvalue weighted by atomic mass is 9.83. The second kappa shape index (κ2) is 9.99. The summed E-state index contributed by atoms with van der Waals surface area (Å²) < 4.78 is 19.4. The average Bonchev–Trinajstić information content (AvgIpc) is 3.26. The summed E-state index contributed by atoms with van der Waals surface area (Å²) in [6, 6.07) is 21.6. The van der Waals surface area contributed by atoms with E-state index in [2.05, 4.69) is 18.2 Å². The van der Waals surface area contributed by atoms with Crippen LogP contribution in [0.1, 0.15) is 41.6 Å². The molecule has 0 spiro atoms. The number of aryl methyl sites for hydroxylation is 1. The van der Waals surface area contributed by atoms with Crippen molar-refractivity contribution in [1.82, 2.24) is 4.57 Å². The van der Waals surface area contributed by atoms with Crippen LogP contribution in [0, 0.1) is 0 Å². The lowest BCUT2D eigenvalue weighted by molar-refractivity contribution is 0.340. The largest absolute Gasteiger partial charge is 0.497 e. The number of fused-ring (bicyclic) bond motifs is 3. The molecule has 4 aromatic rings. The Morgan fingerprint density at radius 3 is 2.55 bits per heavy atom. The third-order valence-electron chi connectivity index (χ3n) is 7.09. The molecule has 1 aromatic heterocycles. The van der Waals surface area contributed by atoms with Crippen LogP contribution < -0.4 is 29.1 Å². The molecule has 0 saturated heterocycles. The van der Waals surface area contributed by atoms with E-state index in [9.17, 15) is 4.79 Å². The fourth-order valence-corrected chi connectivity index (χ4v) is 6.33. The van der Waals surface area contributed by atoms with Gasteiger partial charge in [-0.3, -0.25) is 9.36 Å². The van der Waals surface area contributed by atoms with Crippen molar-refractivity contribution in [1.29, 1.82) is 0 Å². The number of rotatable bonds is 6. The molecule has 38 heavy (non-hydrogen) atoms. The van der Waals surface area contributed by atoms with Gasteiger partial charge in [0, 0.05) is 11.1 Å². The Kier molecular flexibility index (Phi) is 6.37. The molecule has 192 valence electrons. The van der Waals surface area contributed by atoms with Gasteiger partial charge in [0.2, 0.25) is 0 Å². The zero-order valence-corrected chi connectivity index (χ0v) is 22.4. The summed E-state index contributed by atoms with van der Waals surface area (Å²) in [6.07, 6.45) is 3.63. The van der Waals surface area contributed by atoms with E-state index in [0.29, 0.717) is 27.4 Å². The average molecular weight is 525 g/mol. The van der Waals surface area contributed by atoms with Gasteiger partial charge in [0.25, 0.3) is 5.56 Å². The van der Waals surface area contributed by atoms with Crippen molar-refractivity contribution >= 4 is 23.1 Å². The first kappa shape index (κ1) is 24.2. The Balaban J connectivity index is 1.59. The van der Waals surface area contributed by atoms with E-state index in [-0.39, 0.29) is 11.6 Å². The molecule has 6 rings (SSSR count). The highest BCUT2D eigenvalue weighted by atomic mass is 32.1. The van der Waals surface area contributed by atoms with Gasteiger partial charge in [0.15, 0.2) is 4.80 Å². The molecule has 0 fully saturated rings. The number of hydrogen-bond donors (Lipinski definition) is 0. The lowest BCUT2D eigenvalue weighted by Crippen LogP contribution is -2.39. The van der Waals surface area contributed by atoms with Gasteiger partial charge < -0.3 is 14.2 Å². The summed E-state index contributed by atoms with van der Waals surface area (Å²) in [5.41, 5.74) is 6.24. The molecule has 0 radical (unpaired) electrons. The summed E-state index contributed by atoms with van der Waals surface area (Å²) in [6.45, 7) is 2.57. The number of thiazole rings is 1. The van der Waals surface area contributed by atoms with Crippen LogP contribution in [0.5, 0.6) is 17.2 Å². The first-order valence-electron chi connectivity index (χ1n) is 12.7. The Bertz CT molecular complexity index is 1730. The van der Waals surface area contributed by atoms with Gasteiger partial charge in [-0.1, -0.05) is 47.7 Å². The highest BCUT2D eigenvalue weighted by Gasteiger charge is 2.34. The van der Waals surface area contributed by atoms with Gasteiger partial charge in [-0.05, 0) is 72.9 Å². The van der Waals surface area contributed by atoms with E-state index in [4.69, 9.17) is 19.2 Å². The maximum absolute atomic E-state index is 14.0. The highest BCUT2D eigenvalue weighted by molar-refractivity contribution is 7.07. The van der Waals surface area contributed by atoms with E-state index in [1.165, 1.54) is 16.9 Å². The molecule has 0 amide bonds. The number of methoxy groups -OCH3 is 2. The van der Waals surface area contributed by atoms with E-state index < -0.39 is 0 Å². The number of nitrogens with zero attached hydrogens (tertiary/aromatic N) is 2. The Labute approximate surface area is 224 Å². The lowest BCUT2D eigenvalue weighted by Gasteiger charge is -2.31. The molecule has 7 heteroatoms. The van der Waals surface area contributed by atoms with E-state index >= 15 is 0 Å². The second-order valence-corrected chi connectivity index (χ2v) is 10.2. The smallest absolute Gasteiger partial charge is 0.271 e. The molecule has 0 bridgehead atoms. The van der Waals surface area contributed by atoms with Crippen LogP contribution in [0.2, 0.25) is 0 Å². The van der Waals surface area contributed by atoms with Gasteiger partial charge in [-0.2, -0.15) is 0 Å². The van der Waals surface area contributed by atoms with Gasteiger partial charge in [-0.15, -0.1) is 0 Å². The third-order valence-corrected chi connectivity index (χ3v) is 8.08. The molecule has 0 saturated carbocycles. The summed E-state index contributed by atoms with van der Waals surface area (Å²) in [7, 11) is 3.31. The van der Waals surface area contributed by atoms with E-state index in [0.717, 1.165) is 46.6 Å². The fourth-order valence-electron chi connectivity index (χ4n) is 5.33. The standard InChI is InChI=1S/C31H28N2O4S/c1-4-37-21-12-9-19(10-13-21)17-27-30(34)33-29(25-18-22(35-2)14-16-26(25)36-3)24-15-11-20-7-5-6-8-23(20)28(24)32-31(33)38-27/h5-10,12-14,16-18,29H,4,11,15H2,1-3H3/b27-17+. The molecule has 1 unspecified atom stereocenters. The monoisotopic (exact) mass is 524 g/mol. The maximum Gasteiger partial charge on any atom is 0.271 e. The van der Waals surface area contributed by atoms with Crippen molar-refractivity contribution in [2.75, 3.05) is 20.8 Å². The second-order valence-electron chi connectivity index (χ2n) is 9.22.